The topological polar surface area (TPSA) is 90.2 Å². The Morgan fingerprint density at radius 1 is 0.771 bits per heavy atom. The third-order valence-electron chi connectivity index (χ3n) is 13.4. The van der Waals surface area contributed by atoms with Gasteiger partial charge in [0.25, 0.3) is 0 Å². The van der Waals surface area contributed by atoms with Gasteiger partial charge in [-0.05, 0) is 112 Å². The molecule has 11 atom stereocenters. The average molecular weight is 493 g/mol. The Morgan fingerprint density at radius 3 is 2.03 bits per heavy atom. The lowest BCUT2D eigenvalue weighted by Gasteiger charge is -2.71. The molecular weight excluding hydrogens is 440 g/mol. The molecule has 5 fully saturated rings. The number of aliphatic hydroxyl groups excluding tert-OH is 2. The second-order valence-corrected chi connectivity index (χ2v) is 15.6. The zero-order valence-corrected chi connectivity index (χ0v) is 23.5. The fourth-order valence-electron chi connectivity index (χ4n) is 11.1. The minimum atomic E-state index is -1.12. The lowest BCUT2D eigenvalue weighted by molar-refractivity contribution is -0.277. The maximum absolute atomic E-state index is 12.5. The van der Waals surface area contributed by atoms with E-state index in [9.17, 15) is 20.4 Å². The van der Waals surface area contributed by atoms with Gasteiger partial charge in [-0.1, -0.05) is 34.6 Å². The van der Waals surface area contributed by atoms with Crippen LogP contribution in [0.3, 0.4) is 0 Å². The van der Waals surface area contributed by atoms with Crippen LogP contribution in [-0.4, -0.2) is 55.5 Å². The summed E-state index contributed by atoms with van der Waals surface area (Å²) in [6, 6.07) is 0. The molecule has 5 heteroatoms. The Kier molecular flexibility index (Phi) is 5.63. The van der Waals surface area contributed by atoms with Crippen molar-refractivity contribution in [2.45, 2.75) is 148 Å². The smallest absolute Gasteiger partial charge is 0.0991 e. The molecule has 1 heterocycles. The van der Waals surface area contributed by atoms with Crippen molar-refractivity contribution in [2.75, 3.05) is 0 Å². The highest BCUT2D eigenvalue weighted by Crippen LogP contribution is 2.76. The number of ether oxygens (including phenoxy) is 1. The molecule has 0 aromatic rings. The van der Waals surface area contributed by atoms with Crippen molar-refractivity contribution in [3.8, 4) is 0 Å². The van der Waals surface area contributed by atoms with Crippen molar-refractivity contribution in [3.63, 3.8) is 0 Å². The molecule has 5 aliphatic rings. The monoisotopic (exact) mass is 492 g/mol. The van der Waals surface area contributed by atoms with E-state index >= 15 is 0 Å². The quantitative estimate of drug-likeness (QED) is 0.443. The molecule has 0 amide bonds. The van der Waals surface area contributed by atoms with Gasteiger partial charge in [-0.15, -0.1) is 0 Å². The summed E-state index contributed by atoms with van der Waals surface area (Å²) < 4.78 is 6.52. The number of fused-ring (bicyclic) bond motifs is 5. The number of hydrogen-bond donors (Lipinski definition) is 4. The van der Waals surface area contributed by atoms with Gasteiger partial charge < -0.3 is 25.2 Å². The van der Waals surface area contributed by atoms with Crippen LogP contribution in [0.5, 0.6) is 0 Å². The van der Waals surface area contributed by atoms with E-state index < -0.39 is 22.9 Å². The molecule has 5 nitrogen and oxygen atoms in total. The van der Waals surface area contributed by atoms with E-state index in [1.807, 2.05) is 6.92 Å². The van der Waals surface area contributed by atoms with Crippen LogP contribution in [0.1, 0.15) is 113 Å². The summed E-state index contributed by atoms with van der Waals surface area (Å²) in [4.78, 5) is 0. The van der Waals surface area contributed by atoms with E-state index in [0.29, 0.717) is 31.1 Å². The molecule has 4 saturated carbocycles. The Morgan fingerprint density at radius 2 is 1.43 bits per heavy atom. The molecule has 4 aliphatic carbocycles. The SMILES string of the molecule is CC(C)(O)[C@H]1CC[C@](C)([C@@]2(O)CC[C@]3(C)[C@H]2[C@H](O)C[C@@H]2[C@@]4(C)CC[C@@H](O)C(C)(C)[C@@H]4CC[C@]23C)O1. The van der Waals surface area contributed by atoms with Crippen LogP contribution in [0.2, 0.25) is 0 Å². The van der Waals surface area contributed by atoms with Gasteiger partial charge in [0.1, 0.15) is 0 Å². The second-order valence-electron chi connectivity index (χ2n) is 15.6. The van der Waals surface area contributed by atoms with Crippen molar-refractivity contribution in [3.05, 3.63) is 0 Å². The minimum absolute atomic E-state index is 0.00954. The molecule has 0 radical (unpaired) electrons. The largest absolute Gasteiger partial charge is 0.393 e. The first-order valence-electron chi connectivity index (χ1n) is 14.4. The highest BCUT2D eigenvalue weighted by Gasteiger charge is 2.75. The van der Waals surface area contributed by atoms with Crippen molar-refractivity contribution in [1.82, 2.24) is 0 Å². The summed E-state index contributed by atoms with van der Waals surface area (Å²) in [5, 5.41) is 45.9. The molecule has 35 heavy (non-hydrogen) atoms. The zero-order valence-electron chi connectivity index (χ0n) is 23.5. The third-order valence-corrected chi connectivity index (χ3v) is 13.4. The van der Waals surface area contributed by atoms with E-state index in [2.05, 4.69) is 34.6 Å². The lowest BCUT2D eigenvalue weighted by Crippen LogP contribution is -2.69. The van der Waals surface area contributed by atoms with Crippen LogP contribution < -0.4 is 0 Å². The van der Waals surface area contributed by atoms with Crippen molar-refractivity contribution < 1.29 is 25.2 Å². The Labute approximate surface area is 213 Å². The lowest BCUT2D eigenvalue weighted by atomic mass is 9.35. The second kappa shape index (κ2) is 7.46. The Bertz CT molecular complexity index is 865. The first-order valence-corrected chi connectivity index (χ1v) is 14.4. The summed E-state index contributed by atoms with van der Waals surface area (Å²) in [6.07, 6.45) is 6.50. The average Bonchev–Trinajstić information content (AvgIpc) is 3.29. The van der Waals surface area contributed by atoms with Crippen LogP contribution >= 0.6 is 0 Å². The van der Waals surface area contributed by atoms with Crippen molar-refractivity contribution in [1.29, 1.82) is 0 Å². The van der Waals surface area contributed by atoms with Gasteiger partial charge >= 0.3 is 0 Å². The van der Waals surface area contributed by atoms with Crippen LogP contribution in [-0.2, 0) is 4.74 Å². The summed E-state index contributed by atoms with van der Waals surface area (Å²) in [5.74, 6) is 0.553. The van der Waals surface area contributed by atoms with Gasteiger partial charge in [-0.3, -0.25) is 0 Å². The molecular formula is C30H52O5. The van der Waals surface area contributed by atoms with Gasteiger partial charge in [-0.2, -0.15) is 0 Å². The summed E-state index contributed by atoms with van der Waals surface area (Å²) in [5.41, 5.74) is -3.08. The molecule has 202 valence electrons. The van der Waals surface area contributed by atoms with Gasteiger partial charge in [0.05, 0.1) is 35.1 Å². The van der Waals surface area contributed by atoms with Crippen molar-refractivity contribution in [2.24, 2.45) is 39.4 Å². The molecule has 0 spiro atoms. The minimum Gasteiger partial charge on any atom is -0.393 e. The normalized spacial score (nSPS) is 57.9. The molecule has 1 saturated heterocycles. The Hall–Kier alpha value is -0.200. The predicted molar refractivity (Wildman–Crippen MR) is 137 cm³/mol. The molecule has 0 unspecified atom stereocenters. The summed E-state index contributed by atoms with van der Waals surface area (Å²) >= 11 is 0. The van der Waals surface area contributed by atoms with Gasteiger partial charge in [0, 0.05) is 5.92 Å². The molecule has 0 bridgehead atoms. The maximum Gasteiger partial charge on any atom is 0.0991 e. The number of rotatable bonds is 2. The summed E-state index contributed by atoms with van der Waals surface area (Å²) in [7, 11) is 0. The number of hydrogen-bond acceptors (Lipinski definition) is 5. The first-order chi connectivity index (χ1) is 15.9. The van der Waals surface area contributed by atoms with Crippen LogP contribution in [0.4, 0.5) is 0 Å². The van der Waals surface area contributed by atoms with Gasteiger partial charge in [-0.25, -0.2) is 0 Å². The predicted octanol–water partition coefficient (Wildman–Crippen LogP) is 4.83. The molecule has 4 N–H and O–H groups in total. The van der Waals surface area contributed by atoms with Crippen LogP contribution in [0, 0.1) is 39.4 Å². The standard InChI is InChI=1S/C30H52O5/c1-24(2)19-9-13-27(6)20(26(19,5)12-10-21(24)32)17-18(31)23-28(27,7)15-16-30(23,34)29(8)14-11-22(35-29)25(3,4)33/h18-23,31-34H,9-17H2,1-8H3/t18-,19+,20-,21-,22-,23-,26+,27-,28-,29-,30-/m1/s1. The zero-order chi connectivity index (χ0) is 26.0. The van der Waals surface area contributed by atoms with E-state index in [1.54, 1.807) is 13.8 Å². The van der Waals surface area contributed by atoms with Crippen LogP contribution in [0.25, 0.3) is 0 Å². The van der Waals surface area contributed by atoms with Crippen molar-refractivity contribution >= 4 is 0 Å². The molecule has 1 aliphatic heterocycles. The van der Waals surface area contributed by atoms with Crippen LogP contribution in [0.15, 0.2) is 0 Å². The van der Waals surface area contributed by atoms with E-state index in [-0.39, 0.29) is 39.8 Å². The fraction of sp³-hybridized carbons (Fsp3) is 1.00. The molecule has 5 rings (SSSR count). The summed E-state index contributed by atoms with van der Waals surface area (Å²) in [6.45, 7) is 17.3. The molecule has 0 aromatic carbocycles. The number of aliphatic hydroxyl groups is 4. The Balaban J connectivity index is 1.52. The highest BCUT2D eigenvalue weighted by molar-refractivity contribution is 5.25. The fourth-order valence-corrected chi connectivity index (χ4v) is 11.1. The van der Waals surface area contributed by atoms with E-state index in [0.717, 1.165) is 38.5 Å². The van der Waals surface area contributed by atoms with Gasteiger partial charge in [0.2, 0.25) is 0 Å². The van der Waals surface area contributed by atoms with E-state index in [1.165, 1.54) is 0 Å². The molecule has 0 aromatic heterocycles. The first kappa shape index (κ1) is 26.4. The third kappa shape index (κ3) is 3.17. The van der Waals surface area contributed by atoms with Gasteiger partial charge in [0.15, 0.2) is 0 Å². The highest BCUT2D eigenvalue weighted by atomic mass is 16.5. The van der Waals surface area contributed by atoms with E-state index in [4.69, 9.17) is 4.74 Å². The maximum atomic E-state index is 12.5.